The molecule has 94 valence electrons. The van der Waals surface area contributed by atoms with Crippen molar-refractivity contribution in [3.8, 4) is 0 Å². The maximum atomic E-state index is 11.5. The Balaban J connectivity index is 1.97. The molecule has 1 saturated heterocycles. The molecular weight excluding hydrogens is 204 g/mol. The van der Waals surface area contributed by atoms with Crippen LogP contribution in [0.3, 0.4) is 0 Å². The van der Waals surface area contributed by atoms with Crippen LogP contribution in [0.4, 0.5) is 0 Å². The molecule has 1 aliphatic rings. The highest BCUT2D eigenvalue weighted by molar-refractivity contribution is 5.69. The molecule has 1 unspecified atom stereocenters. The second-order valence-electron chi connectivity index (χ2n) is 4.49. The zero-order chi connectivity index (χ0) is 11.6. The second kappa shape index (κ2) is 8.57. The van der Waals surface area contributed by atoms with Crippen LogP contribution in [-0.4, -0.2) is 25.3 Å². The lowest BCUT2D eigenvalue weighted by Crippen LogP contribution is -2.27. The molecule has 3 nitrogen and oxygen atoms in total. The van der Waals surface area contributed by atoms with Gasteiger partial charge >= 0.3 is 5.97 Å². The van der Waals surface area contributed by atoms with Crippen molar-refractivity contribution in [1.29, 1.82) is 0 Å². The van der Waals surface area contributed by atoms with Gasteiger partial charge in [-0.15, -0.1) is 0 Å². The third kappa shape index (κ3) is 6.11. The number of esters is 1. The van der Waals surface area contributed by atoms with Gasteiger partial charge in [-0.25, -0.2) is 0 Å². The van der Waals surface area contributed by atoms with E-state index < -0.39 is 0 Å². The summed E-state index contributed by atoms with van der Waals surface area (Å²) in [5, 5.41) is 0. The summed E-state index contributed by atoms with van der Waals surface area (Å²) in [5.74, 6) is -0.0491. The Kier molecular flexibility index (Phi) is 7.23. The van der Waals surface area contributed by atoms with Crippen molar-refractivity contribution < 1.29 is 14.3 Å². The minimum absolute atomic E-state index is 0.0110. The first-order valence-electron chi connectivity index (χ1n) is 6.60. The minimum atomic E-state index is -0.0491. The van der Waals surface area contributed by atoms with E-state index in [0.717, 1.165) is 32.3 Å². The van der Waals surface area contributed by atoms with Crippen LogP contribution < -0.4 is 0 Å². The van der Waals surface area contributed by atoms with Crippen molar-refractivity contribution >= 4 is 5.97 Å². The van der Waals surface area contributed by atoms with Gasteiger partial charge < -0.3 is 9.47 Å². The molecule has 3 heteroatoms. The van der Waals surface area contributed by atoms with E-state index in [9.17, 15) is 4.79 Å². The van der Waals surface area contributed by atoms with E-state index in [-0.39, 0.29) is 12.1 Å². The molecular formula is C13H24O3. The fraction of sp³-hybridized carbons (Fsp3) is 0.923. The molecule has 0 amide bonds. The van der Waals surface area contributed by atoms with Crippen molar-refractivity contribution in [2.24, 2.45) is 0 Å². The van der Waals surface area contributed by atoms with Crippen LogP contribution in [0.5, 0.6) is 0 Å². The van der Waals surface area contributed by atoms with Gasteiger partial charge in [-0.05, 0) is 19.3 Å². The molecule has 16 heavy (non-hydrogen) atoms. The first-order chi connectivity index (χ1) is 7.83. The molecule has 1 fully saturated rings. The molecule has 1 atom stereocenters. The summed E-state index contributed by atoms with van der Waals surface area (Å²) < 4.78 is 10.6. The largest absolute Gasteiger partial charge is 0.460 e. The maximum Gasteiger partial charge on any atom is 0.306 e. The number of hydrogen-bond acceptors (Lipinski definition) is 3. The summed E-state index contributed by atoms with van der Waals surface area (Å²) in [7, 11) is 0. The zero-order valence-corrected chi connectivity index (χ0v) is 10.4. The molecule has 0 aromatic heterocycles. The van der Waals surface area contributed by atoms with Crippen LogP contribution in [0.1, 0.15) is 58.3 Å². The molecule has 1 rings (SSSR count). The Morgan fingerprint density at radius 1 is 1.31 bits per heavy atom. The van der Waals surface area contributed by atoms with Crippen molar-refractivity contribution in [1.82, 2.24) is 0 Å². The summed E-state index contributed by atoms with van der Waals surface area (Å²) in [6.45, 7) is 3.59. The summed E-state index contributed by atoms with van der Waals surface area (Å²) >= 11 is 0. The molecule has 0 aliphatic carbocycles. The van der Waals surface area contributed by atoms with E-state index in [4.69, 9.17) is 9.47 Å². The molecule has 0 N–H and O–H groups in total. The van der Waals surface area contributed by atoms with Gasteiger partial charge in [0, 0.05) is 13.0 Å². The van der Waals surface area contributed by atoms with E-state index in [2.05, 4.69) is 6.92 Å². The van der Waals surface area contributed by atoms with Gasteiger partial charge in [0.25, 0.3) is 0 Å². The van der Waals surface area contributed by atoms with Crippen molar-refractivity contribution in [2.75, 3.05) is 13.2 Å². The van der Waals surface area contributed by atoms with Gasteiger partial charge in [-0.3, -0.25) is 4.79 Å². The van der Waals surface area contributed by atoms with E-state index >= 15 is 0 Å². The van der Waals surface area contributed by atoms with Crippen LogP contribution >= 0.6 is 0 Å². The van der Waals surface area contributed by atoms with Gasteiger partial charge in [-0.2, -0.15) is 0 Å². The molecule has 1 heterocycles. The van der Waals surface area contributed by atoms with Gasteiger partial charge in [0.15, 0.2) is 0 Å². The number of carbonyl (C=O) groups excluding carboxylic acids is 1. The number of ether oxygens (including phenoxy) is 2. The van der Waals surface area contributed by atoms with Gasteiger partial charge in [-0.1, -0.05) is 32.6 Å². The lowest BCUT2D eigenvalue weighted by atomic mass is 10.1. The molecule has 0 aromatic rings. The number of carbonyl (C=O) groups is 1. The first-order valence-corrected chi connectivity index (χ1v) is 6.60. The molecule has 0 saturated carbocycles. The average Bonchev–Trinajstić information content (AvgIpc) is 2.30. The average molecular weight is 228 g/mol. The summed E-state index contributed by atoms with van der Waals surface area (Å²) in [4.78, 5) is 11.5. The van der Waals surface area contributed by atoms with Crippen LogP contribution in [0.15, 0.2) is 0 Å². The van der Waals surface area contributed by atoms with Crippen molar-refractivity contribution in [3.05, 3.63) is 0 Å². The highest BCUT2D eigenvalue weighted by atomic mass is 16.6. The van der Waals surface area contributed by atoms with Crippen LogP contribution in [0, 0.1) is 0 Å². The molecule has 0 aromatic carbocycles. The zero-order valence-electron chi connectivity index (χ0n) is 10.4. The lowest BCUT2D eigenvalue weighted by molar-refractivity contribution is -0.155. The minimum Gasteiger partial charge on any atom is -0.460 e. The summed E-state index contributed by atoms with van der Waals surface area (Å²) in [6, 6.07) is 0. The highest BCUT2D eigenvalue weighted by Gasteiger charge is 2.17. The molecule has 0 spiro atoms. The fourth-order valence-electron chi connectivity index (χ4n) is 1.92. The monoisotopic (exact) mass is 228 g/mol. The first kappa shape index (κ1) is 13.5. The predicted molar refractivity (Wildman–Crippen MR) is 63.3 cm³/mol. The third-order valence-electron chi connectivity index (χ3n) is 2.90. The number of hydrogen-bond donors (Lipinski definition) is 0. The quantitative estimate of drug-likeness (QED) is 0.496. The third-order valence-corrected chi connectivity index (χ3v) is 2.90. The smallest absolute Gasteiger partial charge is 0.306 e. The Hall–Kier alpha value is -0.570. The fourth-order valence-corrected chi connectivity index (χ4v) is 1.92. The Bertz CT molecular complexity index is 186. The topological polar surface area (TPSA) is 35.5 Å². The molecule has 0 radical (unpaired) electrons. The number of unbranched alkanes of at least 4 members (excludes halogenated alkanes) is 4. The molecule has 1 aliphatic heterocycles. The van der Waals surface area contributed by atoms with Crippen LogP contribution in [-0.2, 0) is 14.3 Å². The van der Waals surface area contributed by atoms with E-state index in [1.54, 1.807) is 0 Å². The van der Waals surface area contributed by atoms with Gasteiger partial charge in [0.2, 0.25) is 0 Å². The normalized spacial score (nSPS) is 20.7. The highest BCUT2D eigenvalue weighted by Crippen LogP contribution is 2.12. The Morgan fingerprint density at radius 2 is 2.12 bits per heavy atom. The van der Waals surface area contributed by atoms with Crippen LogP contribution in [0.25, 0.3) is 0 Å². The lowest BCUT2D eigenvalue weighted by Gasteiger charge is -2.22. The number of rotatable bonds is 7. The van der Waals surface area contributed by atoms with Gasteiger partial charge in [0.05, 0.1) is 6.61 Å². The van der Waals surface area contributed by atoms with Gasteiger partial charge in [0.1, 0.15) is 6.10 Å². The summed E-state index contributed by atoms with van der Waals surface area (Å²) in [5.41, 5.74) is 0. The van der Waals surface area contributed by atoms with E-state index in [1.807, 2.05) is 0 Å². The Labute approximate surface area is 98.5 Å². The van der Waals surface area contributed by atoms with Crippen molar-refractivity contribution in [3.63, 3.8) is 0 Å². The molecule has 0 bridgehead atoms. The van der Waals surface area contributed by atoms with Crippen LogP contribution in [0.2, 0.25) is 0 Å². The standard InChI is InChI=1S/C13H24O3/c1-2-3-4-5-6-9-13(14)16-12-8-7-10-15-11-12/h12H,2-11H2,1H3. The van der Waals surface area contributed by atoms with E-state index in [1.165, 1.54) is 19.3 Å². The predicted octanol–water partition coefficient (Wildman–Crippen LogP) is 3.07. The van der Waals surface area contributed by atoms with E-state index in [0.29, 0.717) is 13.0 Å². The SMILES string of the molecule is CCCCCCCC(=O)OC1CCCOC1. The summed E-state index contributed by atoms with van der Waals surface area (Å²) in [6.07, 6.45) is 8.40. The maximum absolute atomic E-state index is 11.5. The second-order valence-corrected chi connectivity index (χ2v) is 4.49. The Morgan fingerprint density at radius 3 is 2.81 bits per heavy atom. The van der Waals surface area contributed by atoms with Crippen molar-refractivity contribution in [2.45, 2.75) is 64.4 Å².